The van der Waals surface area contributed by atoms with E-state index in [2.05, 4.69) is 5.32 Å². The molecule has 1 amide bonds. The van der Waals surface area contributed by atoms with Crippen LogP contribution in [0.2, 0.25) is 0 Å². The molecular formula is C19H19NO8. The molecule has 0 atom stereocenters. The van der Waals surface area contributed by atoms with E-state index in [1.54, 1.807) is 0 Å². The highest BCUT2D eigenvalue weighted by atomic mass is 16.6. The Morgan fingerprint density at radius 3 is 2.25 bits per heavy atom. The predicted molar refractivity (Wildman–Crippen MR) is 98.4 cm³/mol. The maximum Gasteiger partial charge on any atom is 0.335 e. The molecule has 2 N–H and O–H groups in total. The lowest BCUT2D eigenvalue weighted by Gasteiger charge is -2.21. The van der Waals surface area contributed by atoms with Crippen molar-refractivity contribution in [3.8, 4) is 28.7 Å². The number of carbonyl (C=O) groups is 2. The van der Waals surface area contributed by atoms with E-state index in [9.17, 15) is 14.7 Å². The molecule has 148 valence electrons. The molecule has 1 aliphatic rings. The number of amides is 1. The number of carboxylic acids is 1. The van der Waals surface area contributed by atoms with Gasteiger partial charge in [-0.25, -0.2) is 4.79 Å². The molecule has 0 saturated heterocycles. The van der Waals surface area contributed by atoms with Gasteiger partial charge in [-0.15, -0.1) is 0 Å². The summed E-state index contributed by atoms with van der Waals surface area (Å²) in [6, 6.07) is 5.63. The van der Waals surface area contributed by atoms with Gasteiger partial charge in [0.25, 0.3) is 5.91 Å². The number of ether oxygens (including phenoxy) is 5. The predicted octanol–water partition coefficient (Wildman–Crippen LogP) is 2.43. The minimum Gasteiger partial charge on any atom is -0.493 e. The Kier molecular flexibility index (Phi) is 5.44. The summed E-state index contributed by atoms with van der Waals surface area (Å²) in [4.78, 5) is 24.2. The van der Waals surface area contributed by atoms with Gasteiger partial charge in [0, 0.05) is 5.56 Å². The molecule has 9 nitrogen and oxygen atoms in total. The van der Waals surface area contributed by atoms with E-state index in [4.69, 9.17) is 23.7 Å². The zero-order valence-electron chi connectivity index (χ0n) is 15.5. The molecule has 0 aliphatic carbocycles. The van der Waals surface area contributed by atoms with Crippen molar-refractivity contribution in [2.45, 2.75) is 0 Å². The number of rotatable bonds is 6. The largest absolute Gasteiger partial charge is 0.493 e. The van der Waals surface area contributed by atoms with Gasteiger partial charge in [0.2, 0.25) is 5.75 Å². The van der Waals surface area contributed by atoms with Crippen LogP contribution in [0.1, 0.15) is 20.7 Å². The van der Waals surface area contributed by atoms with E-state index in [1.807, 2.05) is 0 Å². The summed E-state index contributed by atoms with van der Waals surface area (Å²) in [6.07, 6.45) is 0. The second kappa shape index (κ2) is 7.95. The van der Waals surface area contributed by atoms with Crippen molar-refractivity contribution >= 4 is 17.6 Å². The van der Waals surface area contributed by atoms with Crippen LogP contribution in [-0.2, 0) is 0 Å². The van der Waals surface area contributed by atoms with Crippen LogP contribution in [0.25, 0.3) is 0 Å². The standard InChI is InChI=1S/C19H19NO8/c1-24-13-9-11(19(22)23)6-12(16(13)26-3)20-18(21)10-7-14(25-2)17-15(8-10)27-4-5-28-17/h6-9H,4-5H2,1-3H3,(H,20,21)(H,22,23). The quantitative estimate of drug-likeness (QED) is 0.775. The average Bonchev–Trinajstić information content (AvgIpc) is 2.71. The van der Waals surface area contributed by atoms with Crippen LogP contribution in [0, 0.1) is 0 Å². The second-order valence-electron chi connectivity index (χ2n) is 5.72. The summed E-state index contributed by atoms with van der Waals surface area (Å²) in [6.45, 7) is 0.737. The molecule has 9 heteroatoms. The van der Waals surface area contributed by atoms with Crippen molar-refractivity contribution in [2.75, 3.05) is 39.9 Å². The number of anilines is 1. The fourth-order valence-electron chi connectivity index (χ4n) is 2.78. The highest BCUT2D eigenvalue weighted by molar-refractivity contribution is 6.06. The first-order valence-corrected chi connectivity index (χ1v) is 8.26. The van der Waals surface area contributed by atoms with Gasteiger partial charge in [0.05, 0.1) is 32.6 Å². The minimum atomic E-state index is -1.17. The summed E-state index contributed by atoms with van der Waals surface area (Å²) < 4.78 is 26.8. The molecular weight excluding hydrogens is 370 g/mol. The average molecular weight is 389 g/mol. The normalized spacial score (nSPS) is 12.1. The van der Waals surface area contributed by atoms with Crippen molar-refractivity contribution in [3.05, 3.63) is 35.4 Å². The fraction of sp³-hybridized carbons (Fsp3) is 0.263. The van der Waals surface area contributed by atoms with Crippen LogP contribution >= 0.6 is 0 Å². The Bertz CT molecular complexity index is 907. The SMILES string of the molecule is COc1cc(C(=O)O)cc(NC(=O)c2cc(OC)c3c(c2)OCCO3)c1OC. The summed E-state index contributed by atoms with van der Waals surface area (Å²) in [5.74, 6) is -0.137. The zero-order valence-corrected chi connectivity index (χ0v) is 15.5. The van der Waals surface area contributed by atoms with Gasteiger partial charge in [0.15, 0.2) is 23.0 Å². The Labute approximate surface area is 160 Å². The van der Waals surface area contributed by atoms with Crippen LogP contribution in [0.3, 0.4) is 0 Å². The third kappa shape index (κ3) is 3.59. The topological polar surface area (TPSA) is 113 Å². The molecule has 0 saturated carbocycles. The number of carbonyl (C=O) groups excluding carboxylic acids is 1. The first-order chi connectivity index (χ1) is 13.5. The number of benzene rings is 2. The fourth-order valence-corrected chi connectivity index (χ4v) is 2.78. The maximum atomic E-state index is 12.8. The van der Waals surface area contributed by atoms with Crippen molar-refractivity contribution in [2.24, 2.45) is 0 Å². The molecule has 0 spiro atoms. The highest BCUT2D eigenvalue weighted by Crippen LogP contribution is 2.41. The minimum absolute atomic E-state index is 0.0623. The Balaban J connectivity index is 1.99. The van der Waals surface area contributed by atoms with E-state index in [0.29, 0.717) is 30.5 Å². The lowest BCUT2D eigenvalue weighted by atomic mass is 10.1. The van der Waals surface area contributed by atoms with Gasteiger partial charge >= 0.3 is 5.97 Å². The number of nitrogens with one attached hydrogen (secondary N) is 1. The number of fused-ring (bicyclic) bond motifs is 1. The summed E-state index contributed by atoms with van der Waals surface area (Å²) in [7, 11) is 4.22. The molecule has 1 heterocycles. The van der Waals surface area contributed by atoms with Crippen molar-refractivity contribution < 1.29 is 38.4 Å². The number of hydrogen-bond acceptors (Lipinski definition) is 7. The van der Waals surface area contributed by atoms with Crippen LogP contribution in [0.4, 0.5) is 5.69 Å². The van der Waals surface area contributed by atoms with Gasteiger partial charge in [-0.2, -0.15) is 0 Å². The first-order valence-electron chi connectivity index (χ1n) is 8.26. The summed E-state index contributed by atoms with van der Waals surface area (Å²) in [5, 5.41) is 11.9. The van der Waals surface area contributed by atoms with Gasteiger partial charge in [-0.1, -0.05) is 0 Å². The molecule has 3 rings (SSSR count). The van der Waals surface area contributed by atoms with Crippen LogP contribution in [0.15, 0.2) is 24.3 Å². The zero-order chi connectivity index (χ0) is 20.3. The molecule has 2 aromatic carbocycles. The van der Waals surface area contributed by atoms with Gasteiger partial charge in [-0.05, 0) is 24.3 Å². The smallest absolute Gasteiger partial charge is 0.335 e. The van der Waals surface area contributed by atoms with Crippen LogP contribution in [-0.4, -0.2) is 51.5 Å². The van der Waals surface area contributed by atoms with Gasteiger partial charge < -0.3 is 34.1 Å². The number of methoxy groups -OCH3 is 3. The van der Waals surface area contributed by atoms with Crippen LogP contribution < -0.4 is 29.0 Å². The monoisotopic (exact) mass is 389 g/mol. The maximum absolute atomic E-state index is 12.8. The van der Waals surface area contributed by atoms with Crippen molar-refractivity contribution in [1.29, 1.82) is 0 Å². The molecule has 0 aromatic heterocycles. The molecule has 0 bridgehead atoms. The third-order valence-corrected chi connectivity index (χ3v) is 4.06. The summed E-state index contributed by atoms with van der Waals surface area (Å²) >= 11 is 0. The molecule has 1 aliphatic heterocycles. The van der Waals surface area contributed by atoms with Crippen LogP contribution in [0.5, 0.6) is 28.7 Å². The van der Waals surface area contributed by atoms with Gasteiger partial charge in [-0.3, -0.25) is 4.79 Å². The van der Waals surface area contributed by atoms with E-state index in [0.717, 1.165) is 0 Å². The van der Waals surface area contributed by atoms with E-state index >= 15 is 0 Å². The van der Waals surface area contributed by atoms with E-state index < -0.39 is 11.9 Å². The number of hydrogen-bond donors (Lipinski definition) is 2. The number of aromatic carboxylic acids is 1. The van der Waals surface area contributed by atoms with E-state index in [-0.39, 0.29) is 28.3 Å². The van der Waals surface area contributed by atoms with E-state index in [1.165, 1.54) is 45.6 Å². The second-order valence-corrected chi connectivity index (χ2v) is 5.72. The Morgan fingerprint density at radius 1 is 0.929 bits per heavy atom. The Morgan fingerprint density at radius 2 is 1.61 bits per heavy atom. The molecule has 2 aromatic rings. The lowest BCUT2D eigenvalue weighted by molar-refractivity contribution is 0.0696. The number of carboxylic acid groups (broad SMARTS) is 1. The molecule has 28 heavy (non-hydrogen) atoms. The first kappa shape index (κ1) is 19.2. The van der Waals surface area contributed by atoms with Crippen molar-refractivity contribution in [1.82, 2.24) is 0 Å². The third-order valence-electron chi connectivity index (χ3n) is 4.06. The lowest BCUT2D eigenvalue weighted by Crippen LogP contribution is -2.18. The molecule has 0 unspecified atom stereocenters. The summed E-state index contributed by atoms with van der Waals surface area (Å²) in [5.41, 5.74) is 0.327. The molecule has 0 fully saturated rings. The highest BCUT2D eigenvalue weighted by Gasteiger charge is 2.23. The molecule has 0 radical (unpaired) electrons. The van der Waals surface area contributed by atoms with Gasteiger partial charge in [0.1, 0.15) is 13.2 Å². The van der Waals surface area contributed by atoms with Crippen molar-refractivity contribution in [3.63, 3.8) is 0 Å². The Hall–Kier alpha value is -3.62.